The predicted octanol–water partition coefficient (Wildman–Crippen LogP) is 2.97. The van der Waals surface area contributed by atoms with Crippen LogP contribution in [0.1, 0.15) is 37.3 Å². The van der Waals surface area contributed by atoms with Crippen molar-refractivity contribution in [2.24, 2.45) is 5.84 Å². The fraction of sp³-hybridized carbons (Fsp3) is 0.636. The highest BCUT2D eigenvalue weighted by molar-refractivity contribution is 9.10. The zero-order chi connectivity index (χ0) is 11.6. The van der Waals surface area contributed by atoms with Crippen LogP contribution in [-0.2, 0) is 4.74 Å². The molecule has 2 rings (SSSR count). The minimum absolute atomic E-state index is 0.0700. The van der Waals surface area contributed by atoms with Gasteiger partial charge in [0.05, 0.1) is 11.6 Å². The molecule has 16 heavy (non-hydrogen) atoms. The Hall–Kier alpha value is 0.0600. The number of methoxy groups -OCH3 is 1. The fourth-order valence-electron chi connectivity index (χ4n) is 2.61. The van der Waals surface area contributed by atoms with E-state index in [1.54, 1.807) is 18.4 Å². The summed E-state index contributed by atoms with van der Waals surface area (Å²) < 4.78 is 6.89. The summed E-state index contributed by atoms with van der Waals surface area (Å²) in [6, 6.07) is 0.0700. The van der Waals surface area contributed by atoms with Crippen LogP contribution in [-0.4, -0.2) is 12.7 Å². The van der Waals surface area contributed by atoms with Crippen LogP contribution in [0.3, 0.4) is 0 Å². The van der Waals surface area contributed by atoms with Gasteiger partial charge in [-0.3, -0.25) is 5.84 Å². The molecule has 5 heteroatoms. The van der Waals surface area contributed by atoms with Crippen molar-refractivity contribution in [3.8, 4) is 0 Å². The summed E-state index contributed by atoms with van der Waals surface area (Å²) in [6.45, 7) is 0. The summed E-state index contributed by atoms with van der Waals surface area (Å²) in [4.78, 5) is 0. The molecule has 1 atom stereocenters. The highest BCUT2D eigenvalue weighted by Crippen LogP contribution is 2.44. The van der Waals surface area contributed by atoms with E-state index in [2.05, 4.69) is 32.1 Å². The van der Waals surface area contributed by atoms with E-state index < -0.39 is 0 Å². The Morgan fingerprint density at radius 3 is 2.62 bits per heavy atom. The second-order valence-electron chi connectivity index (χ2n) is 4.25. The highest BCUT2D eigenvalue weighted by atomic mass is 79.9. The van der Waals surface area contributed by atoms with Gasteiger partial charge in [0.1, 0.15) is 0 Å². The van der Waals surface area contributed by atoms with E-state index in [1.165, 1.54) is 18.4 Å². The van der Waals surface area contributed by atoms with Crippen LogP contribution in [0.2, 0.25) is 0 Å². The quantitative estimate of drug-likeness (QED) is 0.664. The van der Waals surface area contributed by atoms with Gasteiger partial charge in [0.25, 0.3) is 0 Å². The average molecular weight is 305 g/mol. The SMILES string of the molecule is COC1(C(NN)c2cscc2Br)CCCC1. The Kier molecular flexibility index (Phi) is 4.02. The first-order chi connectivity index (χ1) is 7.73. The fourth-order valence-corrected chi connectivity index (χ4v) is 4.16. The minimum Gasteiger partial charge on any atom is -0.376 e. The molecule has 0 saturated heterocycles. The summed E-state index contributed by atoms with van der Waals surface area (Å²) in [7, 11) is 1.79. The number of hydrogen-bond acceptors (Lipinski definition) is 4. The first kappa shape index (κ1) is 12.5. The van der Waals surface area contributed by atoms with Gasteiger partial charge in [0.2, 0.25) is 0 Å². The van der Waals surface area contributed by atoms with Crippen molar-refractivity contribution in [1.29, 1.82) is 0 Å². The molecule has 1 unspecified atom stereocenters. The summed E-state index contributed by atoms with van der Waals surface area (Å²) in [5, 5.41) is 4.21. The van der Waals surface area contributed by atoms with Crippen LogP contribution in [0.5, 0.6) is 0 Å². The molecule has 1 aliphatic carbocycles. The molecule has 90 valence electrons. The lowest BCUT2D eigenvalue weighted by atomic mass is 9.88. The van der Waals surface area contributed by atoms with Gasteiger partial charge in [-0.25, -0.2) is 5.43 Å². The van der Waals surface area contributed by atoms with E-state index in [4.69, 9.17) is 10.6 Å². The Morgan fingerprint density at radius 2 is 2.19 bits per heavy atom. The molecule has 0 aliphatic heterocycles. The van der Waals surface area contributed by atoms with Crippen molar-refractivity contribution in [1.82, 2.24) is 5.43 Å². The Balaban J connectivity index is 2.31. The second-order valence-corrected chi connectivity index (χ2v) is 5.85. The monoisotopic (exact) mass is 304 g/mol. The smallest absolute Gasteiger partial charge is 0.0886 e. The molecule has 3 N–H and O–H groups in total. The van der Waals surface area contributed by atoms with Crippen molar-refractivity contribution < 1.29 is 4.74 Å². The molecular weight excluding hydrogens is 288 g/mol. The molecular formula is C11H17BrN2OS. The van der Waals surface area contributed by atoms with Gasteiger partial charge in [0, 0.05) is 17.0 Å². The van der Waals surface area contributed by atoms with Gasteiger partial charge >= 0.3 is 0 Å². The Morgan fingerprint density at radius 1 is 1.50 bits per heavy atom. The Bertz CT molecular complexity index is 350. The number of ether oxygens (including phenoxy) is 1. The summed E-state index contributed by atoms with van der Waals surface area (Å²) in [5.74, 6) is 5.73. The molecule has 3 nitrogen and oxygen atoms in total. The maximum absolute atomic E-state index is 5.77. The maximum atomic E-state index is 5.77. The van der Waals surface area contributed by atoms with Gasteiger partial charge in [0.15, 0.2) is 0 Å². The molecule has 0 spiro atoms. The molecule has 0 aromatic carbocycles. The van der Waals surface area contributed by atoms with Crippen molar-refractivity contribution in [3.63, 3.8) is 0 Å². The van der Waals surface area contributed by atoms with E-state index in [9.17, 15) is 0 Å². The van der Waals surface area contributed by atoms with Crippen molar-refractivity contribution in [3.05, 3.63) is 20.8 Å². The third-order valence-electron chi connectivity index (χ3n) is 3.50. The summed E-state index contributed by atoms with van der Waals surface area (Å²) in [6.07, 6.45) is 4.57. The number of thiophene rings is 1. The zero-order valence-corrected chi connectivity index (χ0v) is 11.7. The first-order valence-corrected chi connectivity index (χ1v) is 7.20. The third-order valence-corrected chi connectivity index (χ3v) is 5.25. The van der Waals surface area contributed by atoms with E-state index in [0.717, 1.165) is 17.3 Å². The predicted molar refractivity (Wildman–Crippen MR) is 70.3 cm³/mol. The van der Waals surface area contributed by atoms with Crippen molar-refractivity contribution >= 4 is 27.3 Å². The van der Waals surface area contributed by atoms with Gasteiger partial charge in [-0.05, 0) is 39.7 Å². The van der Waals surface area contributed by atoms with Crippen LogP contribution in [0.15, 0.2) is 15.2 Å². The zero-order valence-electron chi connectivity index (χ0n) is 9.33. The van der Waals surface area contributed by atoms with Gasteiger partial charge in [-0.1, -0.05) is 12.8 Å². The largest absolute Gasteiger partial charge is 0.376 e. The molecule has 1 aliphatic rings. The molecule has 1 saturated carbocycles. The van der Waals surface area contributed by atoms with E-state index in [-0.39, 0.29) is 11.6 Å². The van der Waals surface area contributed by atoms with Crippen LogP contribution in [0.4, 0.5) is 0 Å². The number of halogens is 1. The van der Waals surface area contributed by atoms with E-state index in [0.29, 0.717) is 0 Å². The van der Waals surface area contributed by atoms with Gasteiger partial charge < -0.3 is 4.74 Å². The van der Waals surface area contributed by atoms with E-state index in [1.807, 2.05) is 0 Å². The lowest BCUT2D eigenvalue weighted by Crippen LogP contribution is -2.46. The van der Waals surface area contributed by atoms with Crippen LogP contribution < -0.4 is 11.3 Å². The summed E-state index contributed by atoms with van der Waals surface area (Å²) >= 11 is 5.25. The molecule has 1 aromatic heterocycles. The highest BCUT2D eigenvalue weighted by Gasteiger charge is 2.42. The number of hydrazine groups is 1. The minimum atomic E-state index is -0.141. The van der Waals surface area contributed by atoms with Crippen LogP contribution in [0.25, 0.3) is 0 Å². The number of nitrogens with two attached hydrogens (primary N) is 1. The van der Waals surface area contributed by atoms with Crippen LogP contribution >= 0.6 is 27.3 Å². The lowest BCUT2D eigenvalue weighted by Gasteiger charge is -2.36. The number of nitrogens with one attached hydrogen (secondary N) is 1. The summed E-state index contributed by atoms with van der Waals surface area (Å²) in [5.41, 5.74) is 3.99. The molecule has 1 heterocycles. The second kappa shape index (κ2) is 5.14. The molecule has 1 fully saturated rings. The number of rotatable bonds is 4. The molecule has 0 radical (unpaired) electrons. The standard InChI is InChI=1S/C11H17BrN2OS/c1-15-11(4-2-3-5-11)10(14-13)8-6-16-7-9(8)12/h6-7,10,14H,2-5,13H2,1H3. The number of hydrogen-bond donors (Lipinski definition) is 2. The van der Waals surface area contributed by atoms with Crippen LogP contribution in [0, 0.1) is 0 Å². The molecule has 0 bridgehead atoms. The third kappa shape index (κ3) is 2.07. The maximum Gasteiger partial charge on any atom is 0.0886 e. The van der Waals surface area contributed by atoms with Crippen molar-refractivity contribution in [2.45, 2.75) is 37.3 Å². The molecule has 0 amide bonds. The van der Waals surface area contributed by atoms with Gasteiger partial charge in [-0.2, -0.15) is 11.3 Å². The van der Waals surface area contributed by atoms with E-state index >= 15 is 0 Å². The van der Waals surface area contributed by atoms with Crippen molar-refractivity contribution in [2.75, 3.05) is 7.11 Å². The first-order valence-electron chi connectivity index (χ1n) is 5.46. The topological polar surface area (TPSA) is 47.3 Å². The molecule has 1 aromatic rings. The lowest BCUT2D eigenvalue weighted by molar-refractivity contribution is -0.0369. The average Bonchev–Trinajstić information content (AvgIpc) is 2.91. The Labute approximate surface area is 108 Å². The van der Waals surface area contributed by atoms with Gasteiger partial charge in [-0.15, -0.1) is 0 Å². The normalized spacial score (nSPS) is 21.2.